The molecule has 0 bridgehead atoms. The molecule has 4 rings (SSSR count). The summed E-state index contributed by atoms with van der Waals surface area (Å²) in [6.07, 6.45) is 2.78. The number of carbonyl (C=O) groups excluding carboxylic acids is 4. The Bertz CT molecular complexity index is 1900. The van der Waals surface area contributed by atoms with Crippen LogP contribution >= 0.6 is 0 Å². The van der Waals surface area contributed by atoms with Crippen LogP contribution in [0.2, 0.25) is 0 Å². The highest BCUT2D eigenvalue weighted by Crippen LogP contribution is 2.18. The second-order valence-corrected chi connectivity index (χ2v) is 10.7. The minimum absolute atomic E-state index is 0.0572. The van der Waals surface area contributed by atoms with E-state index < -0.39 is 33.5 Å². The van der Waals surface area contributed by atoms with Gasteiger partial charge in [0, 0.05) is 48.5 Å². The van der Waals surface area contributed by atoms with Crippen LogP contribution in [0.15, 0.2) is 108 Å². The van der Waals surface area contributed by atoms with E-state index in [-0.39, 0.29) is 47.0 Å². The third kappa shape index (κ3) is 10.6. The topological polar surface area (TPSA) is 221 Å². The number of nitrogens with zero attached hydrogens (tertiary/aromatic N) is 2. The maximum atomic E-state index is 13.3. The minimum Gasteiger partial charge on any atom is -0.497 e. The summed E-state index contributed by atoms with van der Waals surface area (Å²) in [5.41, 5.74) is -0.0886. The molecule has 0 fully saturated rings. The Balaban J connectivity index is 1.48. The molecule has 0 heterocycles. The Labute approximate surface area is 296 Å². The highest BCUT2D eigenvalue weighted by molar-refractivity contribution is 6.06. The van der Waals surface area contributed by atoms with Gasteiger partial charge in [0.2, 0.25) is 0 Å². The fourth-order valence-corrected chi connectivity index (χ4v) is 4.50. The predicted octanol–water partition coefficient (Wildman–Crippen LogP) is 3.99. The molecule has 0 saturated carbocycles. The molecule has 0 unspecified atom stereocenters. The van der Waals surface area contributed by atoms with E-state index in [2.05, 4.69) is 21.3 Å². The molecule has 0 aromatic heterocycles. The fraction of sp³-hybridized carbons (Fsp3) is 0.111. The van der Waals surface area contributed by atoms with Crippen molar-refractivity contribution in [2.45, 2.75) is 0 Å². The first-order valence-electron chi connectivity index (χ1n) is 15.4. The average molecular weight is 709 g/mol. The van der Waals surface area contributed by atoms with Gasteiger partial charge in [0.25, 0.3) is 35.0 Å². The predicted molar refractivity (Wildman–Crippen MR) is 189 cm³/mol. The lowest BCUT2D eigenvalue weighted by Crippen LogP contribution is -2.41. The molecular formula is C36H32N6O10. The van der Waals surface area contributed by atoms with Gasteiger partial charge in [-0.3, -0.25) is 39.4 Å². The van der Waals surface area contributed by atoms with Gasteiger partial charge in [-0.25, -0.2) is 0 Å². The lowest BCUT2D eigenvalue weighted by molar-refractivity contribution is -0.385. The molecule has 0 spiro atoms. The number of rotatable bonds is 15. The monoisotopic (exact) mass is 708 g/mol. The standard InChI is InChI=1S/C36H32N6O10/c1-51-29-13-9-23(10-14-29)19-31(39-33(43)25-5-3-7-27(21-25)41(47)48)35(45)37-17-18-38-36(46)32(20-24-11-15-30(52-2)16-12-24)40-34(44)26-6-4-8-28(22-26)42(49)50/h3-16,19-22H,17-18H2,1-2H3,(H,37,45)(H,38,46)(H,39,43)(H,40,44)/b31-19-,32-20-. The quantitative estimate of drug-likeness (QED) is 0.0602. The van der Waals surface area contributed by atoms with Crippen molar-refractivity contribution in [3.63, 3.8) is 0 Å². The number of carbonyl (C=O) groups is 4. The minimum atomic E-state index is -0.778. The van der Waals surface area contributed by atoms with Crippen molar-refractivity contribution in [2.24, 2.45) is 0 Å². The van der Waals surface area contributed by atoms with E-state index in [9.17, 15) is 39.4 Å². The number of nitrogens with one attached hydrogen (secondary N) is 4. The van der Waals surface area contributed by atoms with Gasteiger partial charge in [-0.15, -0.1) is 0 Å². The second kappa shape index (κ2) is 17.9. The molecule has 4 aromatic rings. The Kier molecular flexibility index (Phi) is 12.9. The van der Waals surface area contributed by atoms with Crippen molar-refractivity contribution in [1.82, 2.24) is 21.3 Å². The second-order valence-electron chi connectivity index (χ2n) is 10.7. The number of nitro groups is 2. The highest BCUT2D eigenvalue weighted by atomic mass is 16.6. The molecule has 0 atom stereocenters. The number of amides is 4. The highest BCUT2D eigenvalue weighted by Gasteiger charge is 2.19. The first kappa shape index (κ1) is 37.5. The smallest absolute Gasteiger partial charge is 0.270 e. The van der Waals surface area contributed by atoms with E-state index in [0.29, 0.717) is 22.6 Å². The van der Waals surface area contributed by atoms with Gasteiger partial charge in [-0.2, -0.15) is 0 Å². The van der Waals surface area contributed by atoms with Gasteiger partial charge in [-0.1, -0.05) is 36.4 Å². The number of nitro benzene ring substituents is 2. The van der Waals surface area contributed by atoms with Gasteiger partial charge < -0.3 is 30.7 Å². The molecule has 4 N–H and O–H groups in total. The van der Waals surface area contributed by atoms with E-state index >= 15 is 0 Å². The van der Waals surface area contributed by atoms with Crippen LogP contribution in [0.5, 0.6) is 11.5 Å². The van der Waals surface area contributed by atoms with E-state index in [1.54, 1.807) is 48.5 Å². The molecule has 4 aromatic carbocycles. The van der Waals surface area contributed by atoms with Gasteiger partial charge in [-0.05, 0) is 59.7 Å². The summed E-state index contributed by atoms with van der Waals surface area (Å²) in [5, 5.41) is 32.6. The molecule has 0 aliphatic carbocycles. The summed E-state index contributed by atoms with van der Waals surface area (Å²) in [4.78, 5) is 73.8. The van der Waals surface area contributed by atoms with Crippen molar-refractivity contribution < 1.29 is 38.5 Å². The maximum Gasteiger partial charge on any atom is 0.270 e. The largest absolute Gasteiger partial charge is 0.497 e. The van der Waals surface area contributed by atoms with Crippen LogP contribution in [0.4, 0.5) is 11.4 Å². The Morgan fingerprint density at radius 2 is 0.962 bits per heavy atom. The maximum absolute atomic E-state index is 13.3. The molecule has 0 aliphatic heterocycles. The third-order valence-electron chi connectivity index (χ3n) is 7.17. The van der Waals surface area contributed by atoms with Crippen LogP contribution in [-0.4, -0.2) is 60.8 Å². The first-order valence-corrected chi connectivity index (χ1v) is 15.4. The van der Waals surface area contributed by atoms with Crippen LogP contribution in [-0.2, 0) is 9.59 Å². The lowest BCUT2D eigenvalue weighted by atomic mass is 10.1. The molecule has 0 radical (unpaired) electrons. The zero-order chi connectivity index (χ0) is 37.6. The molecule has 4 amide bonds. The number of hydrogen-bond donors (Lipinski definition) is 4. The van der Waals surface area contributed by atoms with Crippen LogP contribution < -0.4 is 30.7 Å². The van der Waals surface area contributed by atoms with Crippen molar-refractivity contribution in [2.75, 3.05) is 27.3 Å². The number of benzene rings is 4. The Morgan fingerprint density at radius 3 is 1.29 bits per heavy atom. The summed E-state index contributed by atoms with van der Waals surface area (Å²) in [6.45, 7) is -0.266. The molecule has 16 heteroatoms. The van der Waals surface area contributed by atoms with E-state index in [1.807, 2.05) is 0 Å². The first-order chi connectivity index (χ1) is 25.0. The fourth-order valence-electron chi connectivity index (χ4n) is 4.50. The van der Waals surface area contributed by atoms with Crippen molar-refractivity contribution >= 4 is 47.2 Å². The zero-order valence-corrected chi connectivity index (χ0v) is 27.8. The Morgan fingerprint density at radius 1 is 0.596 bits per heavy atom. The molecule has 266 valence electrons. The lowest BCUT2D eigenvalue weighted by Gasteiger charge is -2.13. The SMILES string of the molecule is COc1ccc(/C=C(\NC(=O)c2cccc([N+](=O)[O-])c2)C(=O)NCCNC(=O)/C(=C/c2ccc(OC)cc2)NC(=O)c2cccc([N+](=O)[O-])c2)cc1. The van der Waals surface area contributed by atoms with Gasteiger partial charge in [0.05, 0.1) is 24.1 Å². The molecule has 0 aliphatic rings. The molecule has 52 heavy (non-hydrogen) atoms. The summed E-state index contributed by atoms with van der Waals surface area (Å²) in [7, 11) is 2.98. The number of hydrogen-bond acceptors (Lipinski definition) is 10. The zero-order valence-electron chi connectivity index (χ0n) is 27.8. The van der Waals surface area contributed by atoms with Gasteiger partial charge in [0.15, 0.2) is 0 Å². The Hall–Kier alpha value is -7.36. The number of ether oxygens (including phenoxy) is 2. The summed E-state index contributed by atoms with van der Waals surface area (Å²) >= 11 is 0. The van der Waals surface area contributed by atoms with Crippen molar-refractivity contribution in [3.05, 3.63) is 151 Å². The van der Waals surface area contributed by atoms with Gasteiger partial charge >= 0.3 is 0 Å². The number of non-ortho nitro benzene ring substituents is 2. The average Bonchev–Trinajstić information content (AvgIpc) is 3.16. The summed E-state index contributed by atoms with van der Waals surface area (Å²) in [5.74, 6) is -1.92. The van der Waals surface area contributed by atoms with Gasteiger partial charge in [0.1, 0.15) is 22.9 Å². The molecule has 0 saturated heterocycles. The van der Waals surface area contributed by atoms with Crippen molar-refractivity contribution in [3.8, 4) is 11.5 Å². The summed E-state index contributed by atoms with van der Waals surface area (Å²) in [6, 6.07) is 23.1. The molecule has 16 nitrogen and oxygen atoms in total. The normalized spacial score (nSPS) is 11.1. The van der Waals surface area contributed by atoms with Crippen LogP contribution in [0.1, 0.15) is 31.8 Å². The van der Waals surface area contributed by atoms with E-state index in [1.165, 1.54) is 62.8 Å². The van der Waals surface area contributed by atoms with E-state index in [0.717, 1.165) is 12.1 Å². The van der Waals surface area contributed by atoms with Crippen LogP contribution in [0.25, 0.3) is 12.2 Å². The van der Waals surface area contributed by atoms with Crippen LogP contribution in [0, 0.1) is 20.2 Å². The van der Waals surface area contributed by atoms with E-state index in [4.69, 9.17) is 9.47 Å². The third-order valence-corrected chi connectivity index (χ3v) is 7.17. The summed E-state index contributed by atoms with van der Waals surface area (Å²) < 4.78 is 10.3. The molecular weight excluding hydrogens is 676 g/mol. The van der Waals surface area contributed by atoms with Crippen LogP contribution in [0.3, 0.4) is 0 Å². The van der Waals surface area contributed by atoms with Crippen molar-refractivity contribution in [1.29, 1.82) is 0 Å². The number of methoxy groups -OCH3 is 2.